The fourth-order valence-corrected chi connectivity index (χ4v) is 12.2. The minimum absolute atomic E-state index is 0.0309. The van der Waals surface area contributed by atoms with Crippen molar-refractivity contribution < 1.29 is 64.7 Å². The van der Waals surface area contributed by atoms with Crippen molar-refractivity contribution >= 4 is 79.1 Å². The Balaban J connectivity index is 1.49. The first-order valence-corrected chi connectivity index (χ1v) is 31.1. The van der Waals surface area contributed by atoms with Gasteiger partial charge in [-0.2, -0.15) is 8.61 Å². The Morgan fingerprint density at radius 2 is 1.11 bits per heavy atom. The van der Waals surface area contributed by atoms with Gasteiger partial charge in [-0.15, -0.1) is 0 Å². The van der Waals surface area contributed by atoms with Crippen molar-refractivity contribution in [1.29, 1.82) is 0 Å². The lowest BCUT2D eigenvalue weighted by molar-refractivity contribution is -0.141. The van der Waals surface area contributed by atoms with Gasteiger partial charge < -0.3 is 40.5 Å². The zero-order valence-electron chi connectivity index (χ0n) is 49.0. The largest absolute Gasteiger partial charge is 0.444 e. The first kappa shape index (κ1) is 65.4. The van der Waals surface area contributed by atoms with E-state index >= 15 is 9.59 Å². The van der Waals surface area contributed by atoms with Crippen LogP contribution >= 0.6 is 0 Å². The molecule has 0 saturated carbocycles. The van der Waals surface area contributed by atoms with Gasteiger partial charge in [0, 0.05) is 64.2 Å². The van der Waals surface area contributed by atoms with E-state index in [0.717, 1.165) is 26.6 Å². The summed E-state index contributed by atoms with van der Waals surface area (Å²) in [5.74, 6) is -5.84. The van der Waals surface area contributed by atoms with Gasteiger partial charge in [0.25, 0.3) is 0 Å². The van der Waals surface area contributed by atoms with Gasteiger partial charge in [0.05, 0.1) is 36.4 Å². The number of para-hydroxylation sites is 2. The van der Waals surface area contributed by atoms with Crippen LogP contribution in [0.4, 0.5) is 21.0 Å². The van der Waals surface area contributed by atoms with Gasteiger partial charge in [-0.3, -0.25) is 38.6 Å². The predicted molar refractivity (Wildman–Crippen MR) is 304 cm³/mol. The molecule has 24 nitrogen and oxygen atoms in total. The average Bonchev–Trinajstić information content (AvgIpc) is 4.22. The van der Waals surface area contributed by atoms with Crippen LogP contribution in [-0.2, 0) is 58.3 Å². The van der Waals surface area contributed by atoms with Crippen LogP contribution in [0.5, 0.6) is 0 Å². The number of amides is 8. The fourth-order valence-electron chi connectivity index (χ4n) is 10.2. The van der Waals surface area contributed by atoms with Gasteiger partial charge >= 0.3 is 12.2 Å². The topological polar surface area (TPSA) is 291 Å². The molecule has 0 radical (unpaired) electrons. The summed E-state index contributed by atoms with van der Waals surface area (Å²) < 4.78 is 66.0. The second kappa shape index (κ2) is 27.1. The fraction of sp³-hybridized carbons (Fsp3) is 0.636. The highest BCUT2D eigenvalue weighted by Gasteiger charge is 2.56. The number of sulfonamides is 2. The zero-order chi connectivity index (χ0) is 60.5. The number of hydrogen-bond donors (Lipinski definition) is 4. The summed E-state index contributed by atoms with van der Waals surface area (Å²) in [6.07, 6.45) is 1.03. The first-order chi connectivity index (χ1) is 37.6. The summed E-state index contributed by atoms with van der Waals surface area (Å²) in [4.78, 5) is 118. The Morgan fingerprint density at radius 1 is 0.654 bits per heavy atom. The maximum atomic E-state index is 15.3. The van der Waals surface area contributed by atoms with Crippen molar-refractivity contribution in [1.82, 2.24) is 38.8 Å². The number of unbranched alkanes of at least 4 members (excludes halogenated alkanes) is 1. The molecule has 3 fully saturated rings. The highest BCUT2D eigenvalue weighted by molar-refractivity contribution is 7.88. The monoisotopic (exact) mass is 1170 g/mol. The third kappa shape index (κ3) is 17.6. The molecule has 2 aromatic rings. The summed E-state index contributed by atoms with van der Waals surface area (Å²) >= 11 is 0. The van der Waals surface area contributed by atoms with E-state index in [0.29, 0.717) is 17.8 Å². The maximum Gasteiger partial charge on any atom is 0.410 e. The molecule has 8 amide bonds. The van der Waals surface area contributed by atoms with Crippen LogP contribution in [0.1, 0.15) is 101 Å². The zero-order valence-corrected chi connectivity index (χ0v) is 50.6. The molecule has 3 saturated heterocycles. The molecule has 3 heterocycles. The first-order valence-electron chi connectivity index (χ1n) is 27.4. The van der Waals surface area contributed by atoms with E-state index in [-0.39, 0.29) is 64.8 Å². The van der Waals surface area contributed by atoms with Gasteiger partial charge in [-0.05, 0) is 105 Å². The Kier molecular flexibility index (Phi) is 21.9. The summed E-state index contributed by atoms with van der Waals surface area (Å²) in [7, 11) is -5.01. The van der Waals surface area contributed by atoms with Crippen LogP contribution in [0.2, 0.25) is 0 Å². The molecule has 9 atom stereocenters. The van der Waals surface area contributed by atoms with Crippen molar-refractivity contribution in [2.24, 2.45) is 11.8 Å². The molecule has 5 rings (SSSR count). The number of carbonyl (C=O) groups is 8. The van der Waals surface area contributed by atoms with Gasteiger partial charge in [0.15, 0.2) is 0 Å². The summed E-state index contributed by atoms with van der Waals surface area (Å²) in [5, 5.41) is 11.3. The third-order valence-electron chi connectivity index (χ3n) is 14.7. The Labute approximate surface area is 477 Å². The molecular weight excluding hydrogens is 1090 g/mol. The van der Waals surface area contributed by atoms with E-state index in [2.05, 4.69) is 21.3 Å². The molecule has 2 unspecified atom stereocenters. The molecule has 2 aromatic carbocycles. The molecule has 81 heavy (non-hydrogen) atoms. The third-order valence-corrected chi connectivity index (χ3v) is 17.2. The highest BCUT2D eigenvalue weighted by Crippen LogP contribution is 2.38. The minimum atomic E-state index is -3.87. The van der Waals surface area contributed by atoms with Crippen molar-refractivity contribution in [3.63, 3.8) is 0 Å². The molecule has 0 aliphatic carbocycles. The summed E-state index contributed by atoms with van der Waals surface area (Å²) in [5.41, 5.74) is -0.890. The van der Waals surface area contributed by atoms with Crippen LogP contribution in [0.3, 0.4) is 0 Å². The number of anilines is 2. The highest BCUT2D eigenvalue weighted by atomic mass is 32.2. The van der Waals surface area contributed by atoms with Gasteiger partial charge in [0.1, 0.15) is 35.4 Å². The number of nitrogens with zero attached hydrogens (tertiary/aromatic N) is 6. The van der Waals surface area contributed by atoms with E-state index in [4.69, 9.17) is 9.47 Å². The number of hydrogen-bond acceptors (Lipinski definition) is 14. The molecule has 0 spiro atoms. The van der Waals surface area contributed by atoms with Gasteiger partial charge in [0.2, 0.25) is 55.5 Å². The van der Waals surface area contributed by atoms with Crippen LogP contribution < -0.4 is 21.3 Å². The van der Waals surface area contributed by atoms with Crippen molar-refractivity contribution in [2.45, 2.75) is 154 Å². The van der Waals surface area contributed by atoms with E-state index in [9.17, 15) is 45.6 Å². The number of carbonyl (C=O) groups excluding carboxylic acids is 8. The number of fused-ring (bicyclic) bond motifs is 1. The van der Waals surface area contributed by atoms with Crippen LogP contribution in [-0.4, -0.2) is 206 Å². The van der Waals surface area contributed by atoms with Crippen molar-refractivity contribution in [3.05, 3.63) is 60.7 Å². The molecule has 4 N–H and O–H groups in total. The normalized spacial score (nSPS) is 21.1. The van der Waals surface area contributed by atoms with Crippen molar-refractivity contribution in [3.8, 4) is 0 Å². The summed E-state index contributed by atoms with van der Waals surface area (Å²) in [6.45, 7) is 14.1. The van der Waals surface area contributed by atoms with Gasteiger partial charge in [-0.25, -0.2) is 26.4 Å². The van der Waals surface area contributed by atoms with Crippen LogP contribution in [0.25, 0.3) is 0 Å². The number of ether oxygens (including phenoxy) is 2. The second-order valence-electron chi connectivity index (χ2n) is 23.3. The van der Waals surface area contributed by atoms with E-state index in [1.165, 1.54) is 42.0 Å². The number of likely N-dealkylation sites (tertiary alicyclic amines) is 1. The number of benzene rings is 2. The van der Waals surface area contributed by atoms with E-state index in [1.807, 2.05) is 0 Å². The number of rotatable bonds is 22. The van der Waals surface area contributed by atoms with E-state index in [1.54, 1.807) is 109 Å². The number of likely N-dealkylation sites (N-methyl/N-ethyl adjacent to an activating group) is 2. The molecule has 3 aliphatic rings. The Bertz CT molecular complexity index is 2810. The average molecular weight is 1170 g/mol. The second-order valence-corrected chi connectivity index (χ2v) is 27.2. The molecular formula is C55H84N10O14S2. The summed E-state index contributed by atoms with van der Waals surface area (Å²) in [6, 6.07) is 9.39. The molecule has 450 valence electrons. The lowest BCUT2D eigenvalue weighted by Crippen LogP contribution is -2.57. The molecule has 26 heteroatoms. The standard InChI is InChI=1S/C55H84N10O14S2/c1-14-30-63(44-34-62(80(12,74)75)32-39(44)48(68)56-37-23-17-15-18-24-37)50(70)41(58-46(66)35(2)60(10)52(72)78-54(4,5)6)27-21-22-28-42(59-47(67)36(3)61(11)53(73)79-55(7,8)9)51(71)64-31-29-43-45(64)40(33-65(43)81(13,76)77)49(69)57-38-25-19-16-20-26-38/h15-20,23-26,35-36,39-45H,14,21-22,27-34H2,1-13H3,(H,56,68)(H,57,69)(H,58,66)(H,59,67)/t35-,36-,39-,40-,41?,42?,43+,44-,45+/m0/s1. The smallest absolute Gasteiger partial charge is 0.410 e. The Hall–Kier alpha value is -6.38. The van der Waals surface area contributed by atoms with E-state index < -0.39 is 133 Å². The lowest BCUT2D eigenvalue weighted by atomic mass is 9.96. The maximum absolute atomic E-state index is 15.3. The van der Waals surface area contributed by atoms with Crippen molar-refractivity contribution in [2.75, 3.05) is 70.0 Å². The van der Waals surface area contributed by atoms with Crippen LogP contribution in [0.15, 0.2) is 60.7 Å². The minimum Gasteiger partial charge on any atom is -0.444 e. The quantitative estimate of drug-likeness (QED) is 0.123. The molecule has 0 aromatic heterocycles. The molecule has 0 bridgehead atoms. The molecule has 3 aliphatic heterocycles. The van der Waals surface area contributed by atoms with Crippen LogP contribution in [0, 0.1) is 11.8 Å². The number of nitrogens with one attached hydrogen (secondary N) is 4. The predicted octanol–water partition coefficient (Wildman–Crippen LogP) is 3.66. The van der Waals surface area contributed by atoms with Gasteiger partial charge in [-0.1, -0.05) is 56.2 Å². The SMILES string of the molecule is CCCN(C(=O)C(CCCCC(NC(=O)[C@H](C)N(C)C(=O)OC(C)(C)C)C(=O)N1CC[C@@H]2[C@H]1[C@@H](C(=O)Nc1ccccc1)CN2S(C)(=O)=O)NC(=O)[C@H](C)N(C)C(=O)OC(C)(C)C)[C@H]1CN(S(C)(=O)=O)C[C@@H]1C(=O)Nc1ccccc1. The lowest BCUT2D eigenvalue weighted by Gasteiger charge is -2.35. The Morgan fingerprint density at radius 3 is 1.56 bits per heavy atom.